The molecule has 1 aromatic rings. The number of hydrogen-bond acceptors (Lipinski definition) is 3. The molecule has 2 rings (SSSR count). The van der Waals surface area contributed by atoms with Gasteiger partial charge in [0.1, 0.15) is 0 Å². The van der Waals surface area contributed by atoms with Crippen molar-refractivity contribution in [2.45, 2.75) is 44.6 Å². The van der Waals surface area contributed by atoms with Crippen molar-refractivity contribution in [2.75, 3.05) is 11.1 Å². The summed E-state index contributed by atoms with van der Waals surface area (Å²) in [4.78, 5) is 0.411. The smallest absolute Gasteiger partial charge is 0.178 e. The molecule has 0 atom stereocenters. The maximum absolute atomic E-state index is 11.7. The number of sulfone groups is 1. The van der Waals surface area contributed by atoms with Crippen LogP contribution in [0, 0.1) is 11.8 Å². The Labute approximate surface area is 116 Å². The van der Waals surface area contributed by atoms with Crippen LogP contribution in [0.25, 0.3) is 0 Å². The van der Waals surface area contributed by atoms with E-state index in [4.69, 9.17) is 0 Å². The summed E-state index contributed by atoms with van der Waals surface area (Å²) >= 11 is 0. The van der Waals surface area contributed by atoms with Gasteiger partial charge >= 0.3 is 0 Å². The van der Waals surface area contributed by atoms with Crippen LogP contribution in [0.3, 0.4) is 0 Å². The maximum Gasteiger partial charge on any atom is 0.178 e. The third-order valence-electron chi connectivity index (χ3n) is 4.08. The molecule has 1 aliphatic rings. The summed E-state index contributed by atoms with van der Waals surface area (Å²) in [6.45, 7) is 6.21. The molecule has 1 saturated carbocycles. The van der Waals surface area contributed by atoms with Crippen LogP contribution in [0.5, 0.6) is 0 Å². The van der Waals surface area contributed by atoms with Crippen LogP contribution in [-0.4, -0.2) is 20.2 Å². The van der Waals surface area contributed by atoms with E-state index in [1.54, 1.807) is 19.1 Å². The van der Waals surface area contributed by atoms with Crippen LogP contribution in [-0.2, 0) is 9.84 Å². The topological polar surface area (TPSA) is 46.2 Å². The molecule has 0 bridgehead atoms. The fourth-order valence-corrected chi connectivity index (χ4v) is 3.37. The number of benzene rings is 1. The van der Waals surface area contributed by atoms with E-state index in [0.717, 1.165) is 17.5 Å². The lowest BCUT2D eigenvalue weighted by Crippen LogP contribution is -2.37. The first-order valence-electron chi connectivity index (χ1n) is 7.01. The summed E-state index contributed by atoms with van der Waals surface area (Å²) in [6.07, 6.45) is 2.43. The van der Waals surface area contributed by atoms with Gasteiger partial charge < -0.3 is 5.32 Å². The number of anilines is 1. The molecule has 0 spiro atoms. The summed E-state index contributed by atoms with van der Waals surface area (Å²) in [6, 6.07) is 7.66. The van der Waals surface area contributed by atoms with E-state index in [-0.39, 0.29) is 5.75 Å². The van der Waals surface area contributed by atoms with E-state index in [1.807, 2.05) is 12.1 Å². The van der Waals surface area contributed by atoms with Crippen molar-refractivity contribution in [1.82, 2.24) is 0 Å². The number of rotatable bonds is 5. The van der Waals surface area contributed by atoms with Crippen molar-refractivity contribution in [2.24, 2.45) is 11.8 Å². The molecule has 1 aliphatic carbocycles. The fraction of sp³-hybridized carbons (Fsp3) is 0.600. The Kier molecular flexibility index (Phi) is 4.19. The normalized spacial score (nSPS) is 23.2. The van der Waals surface area contributed by atoms with Gasteiger partial charge in [-0.3, -0.25) is 0 Å². The molecular weight excluding hydrogens is 258 g/mol. The van der Waals surface area contributed by atoms with Gasteiger partial charge in [-0.15, -0.1) is 0 Å². The van der Waals surface area contributed by atoms with Crippen molar-refractivity contribution in [3.63, 3.8) is 0 Å². The van der Waals surface area contributed by atoms with Gasteiger partial charge in [0.05, 0.1) is 10.6 Å². The Hall–Kier alpha value is -1.03. The summed E-state index contributed by atoms with van der Waals surface area (Å²) in [5, 5.41) is 3.47. The van der Waals surface area contributed by atoms with E-state index in [2.05, 4.69) is 19.2 Å². The van der Waals surface area contributed by atoms with Crippen molar-refractivity contribution < 1.29 is 8.42 Å². The largest absolute Gasteiger partial charge is 0.382 e. The second kappa shape index (κ2) is 5.53. The van der Waals surface area contributed by atoms with E-state index < -0.39 is 9.84 Å². The van der Waals surface area contributed by atoms with Crippen LogP contribution < -0.4 is 5.32 Å². The Morgan fingerprint density at radius 1 is 1.21 bits per heavy atom. The highest BCUT2D eigenvalue weighted by Gasteiger charge is 2.30. The lowest BCUT2D eigenvalue weighted by Gasteiger charge is -2.39. The van der Waals surface area contributed by atoms with Gasteiger partial charge in [-0.2, -0.15) is 0 Å². The first-order chi connectivity index (χ1) is 8.92. The average Bonchev–Trinajstić information content (AvgIpc) is 2.33. The van der Waals surface area contributed by atoms with Crippen LogP contribution in [0.15, 0.2) is 29.2 Å². The van der Waals surface area contributed by atoms with Crippen molar-refractivity contribution >= 4 is 15.5 Å². The lowest BCUT2D eigenvalue weighted by molar-refractivity contribution is 0.212. The van der Waals surface area contributed by atoms with E-state index in [1.165, 1.54) is 12.8 Å². The van der Waals surface area contributed by atoms with E-state index in [0.29, 0.717) is 10.9 Å². The second-order valence-corrected chi connectivity index (χ2v) is 8.02. The lowest BCUT2D eigenvalue weighted by atomic mass is 9.73. The van der Waals surface area contributed by atoms with Crippen LogP contribution in [0.2, 0.25) is 0 Å². The molecule has 0 aromatic heterocycles. The number of hydrogen-bond donors (Lipinski definition) is 1. The Morgan fingerprint density at radius 2 is 1.79 bits per heavy atom. The molecule has 1 fully saturated rings. The van der Waals surface area contributed by atoms with Crippen molar-refractivity contribution in [3.8, 4) is 0 Å². The van der Waals surface area contributed by atoms with Gasteiger partial charge in [-0.1, -0.05) is 20.8 Å². The molecule has 1 aromatic carbocycles. The maximum atomic E-state index is 11.7. The van der Waals surface area contributed by atoms with Gasteiger partial charge in [0.25, 0.3) is 0 Å². The van der Waals surface area contributed by atoms with Crippen LogP contribution in [0.1, 0.15) is 33.6 Å². The van der Waals surface area contributed by atoms with Gasteiger partial charge in [0.15, 0.2) is 9.84 Å². The molecule has 19 heavy (non-hydrogen) atoms. The van der Waals surface area contributed by atoms with Crippen LogP contribution in [0.4, 0.5) is 5.69 Å². The quantitative estimate of drug-likeness (QED) is 0.900. The zero-order valence-corrected chi connectivity index (χ0v) is 12.7. The molecule has 0 saturated heterocycles. The van der Waals surface area contributed by atoms with Gasteiger partial charge in [0.2, 0.25) is 0 Å². The third kappa shape index (κ3) is 3.30. The predicted octanol–water partition coefficient (Wildman–Crippen LogP) is 3.33. The van der Waals surface area contributed by atoms with E-state index >= 15 is 0 Å². The summed E-state index contributed by atoms with van der Waals surface area (Å²) in [5.41, 5.74) is 1.02. The highest BCUT2D eigenvalue weighted by Crippen LogP contribution is 2.35. The molecule has 4 heteroatoms. The summed E-state index contributed by atoms with van der Waals surface area (Å²) in [5.74, 6) is 1.74. The van der Waals surface area contributed by atoms with E-state index in [9.17, 15) is 8.42 Å². The molecule has 0 radical (unpaired) electrons. The first kappa shape index (κ1) is 14.4. The Morgan fingerprint density at radius 3 is 2.26 bits per heavy atom. The van der Waals surface area contributed by atoms with Crippen molar-refractivity contribution in [1.29, 1.82) is 0 Å². The molecule has 0 unspecified atom stereocenters. The number of nitrogens with one attached hydrogen (secondary N) is 1. The highest BCUT2D eigenvalue weighted by molar-refractivity contribution is 7.91. The van der Waals surface area contributed by atoms with Crippen LogP contribution >= 0.6 is 0 Å². The molecule has 0 heterocycles. The minimum absolute atomic E-state index is 0.151. The predicted molar refractivity (Wildman–Crippen MR) is 79.1 cm³/mol. The second-order valence-electron chi connectivity index (χ2n) is 5.74. The minimum atomic E-state index is -3.08. The average molecular weight is 281 g/mol. The van der Waals surface area contributed by atoms with Gasteiger partial charge in [-0.25, -0.2) is 8.42 Å². The molecular formula is C15H23NO2S. The standard InChI is InChI=1S/C15H23NO2S/c1-4-19(17,18)15-7-5-13(6-8-15)16-14-9-12(10-14)11(2)3/h5-8,11-12,14,16H,4,9-10H2,1-3H3. The zero-order valence-electron chi connectivity index (χ0n) is 11.9. The first-order valence-corrected chi connectivity index (χ1v) is 8.67. The summed E-state index contributed by atoms with van der Waals surface area (Å²) in [7, 11) is -3.08. The Bertz CT molecular complexity index is 514. The minimum Gasteiger partial charge on any atom is -0.382 e. The molecule has 1 N–H and O–H groups in total. The zero-order chi connectivity index (χ0) is 14.0. The fourth-order valence-electron chi connectivity index (χ4n) is 2.48. The molecule has 3 nitrogen and oxygen atoms in total. The highest BCUT2D eigenvalue weighted by atomic mass is 32.2. The van der Waals surface area contributed by atoms with Gasteiger partial charge in [-0.05, 0) is 48.9 Å². The van der Waals surface area contributed by atoms with Crippen molar-refractivity contribution in [3.05, 3.63) is 24.3 Å². The molecule has 0 amide bonds. The third-order valence-corrected chi connectivity index (χ3v) is 5.83. The Balaban J connectivity index is 1.94. The molecule has 0 aliphatic heterocycles. The molecule has 106 valence electrons. The monoisotopic (exact) mass is 281 g/mol. The summed E-state index contributed by atoms with van der Waals surface area (Å²) < 4.78 is 23.4. The SMILES string of the molecule is CCS(=O)(=O)c1ccc(NC2CC(C(C)C)C2)cc1. The van der Waals surface area contributed by atoms with Gasteiger partial charge in [0, 0.05) is 11.7 Å².